The van der Waals surface area contributed by atoms with Crippen molar-refractivity contribution in [3.05, 3.63) is 83.7 Å². The Morgan fingerprint density at radius 1 is 0.988 bits per heavy atom. The number of carbonyl (C=O) groups excluding carboxylic acids is 5. The minimum Gasteiger partial charge on any atom is 0.0502 e. The van der Waals surface area contributed by atoms with E-state index in [0.29, 0.717) is 89.1 Å². The molecule has 0 aliphatic carbocycles. The number of alkyl halides is 1. The summed E-state index contributed by atoms with van der Waals surface area (Å²) >= 11 is -2.22. The maximum Gasteiger partial charge on any atom is 0.0502 e. The van der Waals surface area contributed by atoms with Gasteiger partial charge < -0.3 is 14.5 Å². The normalized spacial score (nSPS) is 21.6. The Balaban J connectivity index is 1.08. The van der Waals surface area contributed by atoms with E-state index in [9.17, 15) is 19.2 Å². The third-order valence-corrected chi connectivity index (χ3v) is 22.5. The first kappa shape index (κ1) is 59.1. The van der Waals surface area contributed by atoms with Crippen LogP contribution in [0, 0.1) is 11.3 Å². The van der Waals surface area contributed by atoms with Gasteiger partial charge in [-0.25, -0.2) is 0 Å². The number of nitrogens with zero attached hydrogens (tertiary/aromatic N) is 8. The topological polar surface area (TPSA) is 162 Å². The number of fused-ring (bicyclic) bond motifs is 6. The van der Waals surface area contributed by atoms with Crippen molar-refractivity contribution in [2.45, 2.75) is 121 Å². The van der Waals surface area contributed by atoms with Crippen LogP contribution in [-0.4, -0.2) is 196 Å². The molecule has 4 aromatic rings. The Labute approximate surface area is 483 Å². The Hall–Kier alpha value is -5.50. The van der Waals surface area contributed by atoms with E-state index in [1.54, 1.807) is 30.0 Å². The maximum absolute atomic E-state index is 15.2. The van der Waals surface area contributed by atoms with E-state index < -0.39 is 62.5 Å². The number of amides is 5. The van der Waals surface area contributed by atoms with Gasteiger partial charge in [-0.2, -0.15) is 0 Å². The first-order valence-electron chi connectivity index (χ1n) is 28.8. The van der Waals surface area contributed by atoms with Gasteiger partial charge in [-0.15, -0.1) is 0 Å². The quantitative estimate of drug-likeness (QED) is 0.117. The number of nitrogens with one attached hydrogen (secondary N) is 1. The molecule has 5 aliphatic heterocycles. The summed E-state index contributed by atoms with van der Waals surface area (Å²) in [6.45, 7) is 22.1. The van der Waals surface area contributed by atoms with Gasteiger partial charge in [-0.3, -0.25) is 4.79 Å². The molecule has 1 N–H and O–H groups in total. The number of pyridine rings is 1. The van der Waals surface area contributed by atoms with E-state index in [4.69, 9.17) is 19.2 Å². The SMILES string of the molecule is C=CC(=O)N1CCOC2(CCN(C(=O)N(C)[C@H](C(=O)N[C@H]3Cc4cc(CF)cc(c4)-c4ccc5c(c4)c(c(-c4cc(N6CCN(C)CC6)cnc4[C@H](C)OC)n5CC)CC(C)(C)COC(=O)[C@@H]4CCC[N]([In]4)C3=O)C(C)C)CC2)C1. The van der Waals surface area contributed by atoms with E-state index in [0.717, 1.165) is 76.4 Å². The van der Waals surface area contributed by atoms with E-state index in [2.05, 4.69) is 78.3 Å². The number of likely N-dealkylation sites (tertiary alicyclic amines) is 1. The molecule has 4 saturated heterocycles. The number of esters is 1. The van der Waals surface area contributed by atoms with Crippen molar-refractivity contribution in [3.63, 3.8) is 0 Å². The zero-order valence-electron chi connectivity index (χ0n) is 48.5. The second-order valence-corrected chi connectivity index (χ2v) is 28.9. The summed E-state index contributed by atoms with van der Waals surface area (Å²) in [6, 6.07) is 11.9. The van der Waals surface area contributed by atoms with Crippen molar-refractivity contribution in [3.8, 4) is 22.4 Å². The van der Waals surface area contributed by atoms with Gasteiger partial charge in [0.2, 0.25) is 5.91 Å². The van der Waals surface area contributed by atoms with Crippen molar-refractivity contribution >= 4 is 69.5 Å². The van der Waals surface area contributed by atoms with Crippen LogP contribution in [0.1, 0.15) is 95.7 Å². The van der Waals surface area contributed by atoms with Crippen molar-refractivity contribution in [2.75, 3.05) is 98.2 Å². The number of rotatable bonds is 11. The molecule has 17 nitrogen and oxygen atoms in total. The number of piperidine rings is 1. The first-order chi connectivity index (χ1) is 38.3. The van der Waals surface area contributed by atoms with E-state index in [-0.39, 0.29) is 48.9 Å². The number of anilines is 1. The number of hydrogen-bond donors (Lipinski definition) is 1. The second kappa shape index (κ2) is 24.9. The predicted octanol–water partition coefficient (Wildman–Crippen LogP) is 7.46. The Bertz CT molecular complexity index is 2970. The fraction of sp³-hybridized carbons (Fsp3) is 0.574. The number of morpholine rings is 1. The van der Waals surface area contributed by atoms with Crippen molar-refractivity contribution < 1.29 is 42.6 Å². The summed E-state index contributed by atoms with van der Waals surface area (Å²) in [5.41, 5.74) is 7.62. The Morgan fingerprint density at radius 2 is 1.74 bits per heavy atom. The molecule has 7 heterocycles. The van der Waals surface area contributed by atoms with Gasteiger partial charge in [0.25, 0.3) is 0 Å². The van der Waals surface area contributed by atoms with Crippen LogP contribution in [0.4, 0.5) is 14.9 Å². The molecule has 5 amide bonds. The van der Waals surface area contributed by atoms with Crippen LogP contribution < -0.4 is 10.2 Å². The second-order valence-electron chi connectivity index (χ2n) is 24.0. The molecule has 9 rings (SSSR count). The summed E-state index contributed by atoms with van der Waals surface area (Å²) in [4.78, 5) is 86.1. The number of cyclic esters (lactones) is 1. The molecular formula is C61H82FInN9O8. The summed E-state index contributed by atoms with van der Waals surface area (Å²) in [5, 5.41) is 4.15. The standard InChI is InChI=1S/C61H83FN9O8.In/c1-11-52(72)70-27-28-79-61(38-70)18-21-69(22-19-61)59(76)67(9)55(40(3)4)58(75)65-50-32-42-29-43(36-62)31-45(30-42)44-16-17-51-47(33-44)49(35-60(6,7)39-78-53(73)15-13-14-20-63-57(50)74)56(71(51)12-2)48-34-46(37-64-54(48)41(5)77-10)68-25-23-66(8)24-26-68;/h11,15-17,29-31,33-34,37,40-41,50,55H,1,12-14,18-28,32,35-36,38-39H2,2-10H3,(H2,63,65,74,75);/q;+1/p-1/t41-,50-,55-;/m0./s1. The van der Waals surface area contributed by atoms with Crippen LogP contribution in [0.25, 0.3) is 33.3 Å². The third kappa shape index (κ3) is 12.6. The molecule has 6 bridgehead atoms. The molecule has 4 fully saturated rings. The largest absolute Gasteiger partial charge is 0.0502 e. The van der Waals surface area contributed by atoms with Gasteiger partial charge in [0.05, 0.1) is 13.2 Å². The Morgan fingerprint density at radius 3 is 2.42 bits per heavy atom. The van der Waals surface area contributed by atoms with Crippen molar-refractivity contribution in [1.82, 2.24) is 37.4 Å². The van der Waals surface area contributed by atoms with Crippen molar-refractivity contribution in [1.29, 1.82) is 0 Å². The van der Waals surface area contributed by atoms with Gasteiger partial charge in [-0.1, -0.05) is 6.58 Å². The summed E-state index contributed by atoms with van der Waals surface area (Å²) in [7, 11) is 5.48. The third-order valence-electron chi connectivity index (χ3n) is 17.3. The number of piperazine rings is 1. The zero-order chi connectivity index (χ0) is 57.2. The minimum absolute atomic E-state index is 0.0525. The molecule has 80 heavy (non-hydrogen) atoms. The van der Waals surface area contributed by atoms with Gasteiger partial charge >= 0.3 is 388 Å². The van der Waals surface area contributed by atoms with Gasteiger partial charge in [0, 0.05) is 39.8 Å². The molecule has 1 radical (unpaired) electrons. The average molecular weight is 1200 g/mol. The molecule has 19 heteroatoms. The number of likely N-dealkylation sites (N-methyl/N-ethyl adjacent to an activating group) is 2. The number of carbonyl (C=O) groups is 5. The van der Waals surface area contributed by atoms with Gasteiger partial charge in [0.15, 0.2) is 0 Å². The number of halogens is 1. The summed E-state index contributed by atoms with van der Waals surface area (Å²) in [5.74, 6) is -1.55. The number of aryl methyl sites for hydroxylation is 1. The first-order valence-corrected chi connectivity index (χ1v) is 32.1. The number of ether oxygens (including phenoxy) is 3. The van der Waals surface area contributed by atoms with E-state index in [1.807, 2.05) is 42.0 Å². The van der Waals surface area contributed by atoms with E-state index >= 15 is 9.18 Å². The average Bonchev–Trinajstić information content (AvgIpc) is 3.86. The van der Waals surface area contributed by atoms with Crippen LogP contribution in [0.15, 0.2) is 61.3 Å². The number of aromatic nitrogens is 2. The van der Waals surface area contributed by atoms with Crippen LogP contribution >= 0.6 is 0 Å². The zero-order valence-corrected chi connectivity index (χ0v) is 51.8. The molecule has 429 valence electrons. The van der Waals surface area contributed by atoms with Crippen LogP contribution in [0.5, 0.6) is 0 Å². The molecule has 5 aliphatic rings. The van der Waals surface area contributed by atoms with Crippen LogP contribution in [0.3, 0.4) is 0 Å². The predicted molar refractivity (Wildman–Crippen MR) is 309 cm³/mol. The molecule has 1 spiro atoms. The van der Waals surface area contributed by atoms with Crippen LogP contribution in [-0.2, 0) is 59.4 Å². The number of urea groups is 1. The van der Waals surface area contributed by atoms with Crippen molar-refractivity contribution in [2.24, 2.45) is 11.3 Å². The minimum atomic E-state index is -2.22. The number of hydrogen-bond acceptors (Lipinski definition) is 11. The molecule has 0 saturated carbocycles. The number of methoxy groups -OCH3 is 1. The molecule has 4 atom stereocenters. The molecule has 0 unspecified atom stereocenters. The summed E-state index contributed by atoms with van der Waals surface area (Å²) < 4.78 is 37.6. The monoisotopic (exact) mass is 1200 g/mol. The smallest absolute Gasteiger partial charge is 0.0502 e. The summed E-state index contributed by atoms with van der Waals surface area (Å²) in [6.07, 6.45) is 5.84. The Kier molecular flexibility index (Phi) is 18.4. The fourth-order valence-electron chi connectivity index (χ4n) is 12.7. The van der Waals surface area contributed by atoms with Gasteiger partial charge in [0.1, 0.15) is 0 Å². The fourth-order valence-corrected chi connectivity index (χ4v) is 17.6. The maximum atomic E-state index is 15.2. The molecule has 2 aromatic carbocycles. The molecule has 2 aromatic heterocycles. The van der Waals surface area contributed by atoms with E-state index in [1.165, 1.54) is 11.0 Å². The van der Waals surface area contributed by atoms with Crippen LogP contribution in [0.2, 0.25) is 3.67 Å². The van der Waals surface area contributed by atoms with Gasteiger partial charge in [-0.05, 0) is 13.1 Å². The number of benzene rings is 2. The molecular weight excluding hydrogens is 1120 g/mol.